The summed E-state index contributed by atoms with van der Waals surface area (Å²) in [5.74, 6) is -0.372. The molecule has 0 aliphatic carbocycles. The molecule has 0 radical (unpaired) electrons. The van der Waals surface area contributed by atoms with E-state index in [0.717, 1.165) is 25.8 Å². The molecule has 3 aromatic carbocycles. The molecule has 37 heavy (non-hydrogen) atoms. The van der Waals surface area contributed by atoms with Crippen LogP contribution in [0.25, 0.3) is 0 Å². The monoisotopic (exact) mass is 498 g/mol. The van der Waals surface area contributed by atoms with Crippen LogP contribution in [0.1, 0.15) is 46.9 Å². The van der Waals surface area contributed by atoms with Gasteiger partial charge in [0.25, 0.3) is 11.8 Å². The fourth-order valence-electron chi connectivity index (χ4n) is 4.76. The molecule has 7 nitrogen and oxygen atoms in total. The molecule has 1 heterocycles. The molecule has 4 rings (SSSR count). The van der Waals surface area contributed by atoms with Gasteiger partial charge in [0, 0.05) is 30.4 Å². The second-order valence-corrected chi connectivity index (χ2v) is 9.27. The van der Waals surface area contributed by atoms with Gasteiger partial charge in [-0.05, 0) is 62.2 Å². The van der Waals surface area contributed by atoms with Crippen molar-refractivity contribution in [2.75, 3.05) is 36.8 Å². The molecule has 3 aromatic rings. The predicted molar refractivity (Wildman–Crippen MR) is 147 cm³/mol. The van der Waals surface area contributed by atoms with E-state index in [-0.39, 0.29) is 30.3 Å². The van der Waals surface area contributed by atoms with Crippen molar-refractivity contribution in [1.29, 1.82) is 0 Å². The van der Waals surface area contributed by atoms with Crippen molar-refractivity contribution in [3.63, 3.8) is 0 Å². The van der Waals surface area contributed by atoms with Crippen LogP contribution < -0.4 is 10.6 Å². The van der Waals surface area contributed by atoms with Crippen LogP contribution in [-0.2, 0) is 4.79 Å². The van der Waals surface area contributed by atoms with Crippen LogP contribution in [0.4, 0.5) is 11.4 Å². The van der Waals surface area contributed by atoms with Gasteiger partial charge in [0.05, 0.1) is 17.8 Å². The van der Waals surface area contributed by atoms with Gasteiger partial charge in [-0.1, -0.05) is 55.5 Å². The van der Waals surface area contributed by atoms with Crippen LogP contribution in [0.2, 0.25) is 0 Å². The number of nitrogens with zero attached hydrogens (tertiary/aromatic N) is 2. The number of likely N-dealkylation sites (tertiary alicyclic amines) is 1. The zero-order valence-corrected chi connectivity index (χ0v) is 21.2. The minimum Gasteiger partial charge on any atom is -0.339 e. The summed E-state index contributed by atoms with van der Waals surface area (Å²) in [4.78, 5) is 42.9. The minimum absolute atomic E-state index is 0.0595. The highest BCUT2D eigenvalue weighted by Gasteiger charge is 2.28. The largest absolute Gasteiger partial charge is 0.339 e. The van der Waals surface area contributed by atoms with Crippen LogP contribution in [0.5, 0.6) is 0 Å². The van der Waals surface area contributed by atoms with Gasteiger partial charge in [-0.3, -0.25) is 19.3 Å². The first-order valence-electron chi connectivity index (χ1n) is 12.9. The summed E-state index contributed by atoms with van der Waals surface area (Å²) in [6.45, 7) is 4.47. The minimum atomic E-state index is -0.275. The quantitative estimate of drug-likeness (QED) is 0.440. The maximum Gasteiger partial charge on any atom is 0.257 e. The first-order valence-corrected chi connectivity index (χ1v) is 12.9. The fourth-order valence-corrected chi connectivity index (χ4v) is 4.76. The Bertz CT molecular complexity index is 1190. The Balaban J connectivity index is 1.35. The van der Waals surface area contributed by atoms with E-state index >= 15 is 0 Å². The third kappa shape index (κ3) is 7.05. The highest BCUT2D eigenvalue weighted by molar-refractivity contribution is 6.10. The highest BCUT2D eigenvalue weighted by atomic mass is 16.2. The summed E-state index contributed by atoms with van der Waals surface area (Å²) in [6.07, 6.45) is 2.57. The van der Waals surface area contributed by atoms with Crippen LogP contribution in [0.3, 0.4) is 0 Å². The zero-order valence-electron chi connectivity index (χ0n) is 21.2. The molecule has 7 heteroatoms. The van der Waals surface area contributed by atoms with Crippen LogP contribution in [-0.4, -0.2) is 59.7 Å². The third-order valence-electron chi connectivity index (χ3n) is 6.62. The van der Waals surface area contributed by atoms with E-state index in [0.29, 0.717) is 35.6 Å². The Morgan fingerprint density at radius 2 is 1.46 bits per heavy atom. The van der Waals surface area contributed by atoms with Gasteiger partial charge in [-0.2, -0.15) is 0 Å². The number of carbonyl (C=O) groups is 3. The van der Waals surface area contributed by atoms with Crippen molar-refractivity contribution in [1.82, 2.24) is 9.80 Å². The molecule has 192 valence electrons. The number of amides is 3. The lowest BCUT2D eigenvalue weighted by molar-refractivity contribution is -0.118. The molecule has 0 atom stereocenters. The van der Waals surface area contributed by atoms with E-state index in [2.05, 4.69) is 22.5 Å². The van der Waals surface area contributed by atoms with E-state index in [1.165, 1.54) is 0 Å². The lowest BCUT2D eigenvalue weighted by Crippen LogP contribution is -2.49. The van der Waals surface area contributed by atoms with E-state index in [4.69, 9.17) is 0 Å². The van der Waals surface area contributed by atoms with E-state index in [1.54, 1.807) is 24.3 Å². The van der Waals surface area contributed by atoms with Crippen molar-refractivity contribution >= 4 is 29.1 Å². The van der Waals surface area contributed by atoms with E-state index in [1.807, 2.05) is 65.6 Å². The first-order chi connectivity index (χ1) is 18.0. The van der Waals surface area contributed by atoms with Crippen molar-refractivity contribution in [2.24, 2.45) is 0 Å². The molecule has 2 N–H and O–H groups in total. The number of piperidine rings is 1. The molecule has 0 saturated carbocycles. The third-order valence-corrected chi connectivity index (χ3v) is 6.62. The van der Waals surface area contributed by atoms with E-state index < -0.39 is 0 Å². The predicted octanol–water partition coefficient (Wildman–Crippen LogP) is 4.89. The summed E-state index contributed by atoms with van der Waals surface area (Å²) >= 11 is 0. The van der Waals surface area contributed by atoms with Crippen LogP contribution >= 0.6 is 0 Å². The SMILES string of the molecule is CCCN(CC(=O)Nc1ccccc1C(=O)Nc1ccccc1)C1CCN(C(=O)c2ccccc2)CC1. The van der Waals surface area contributed by atoms with Gasteiger partial charge in [0.1, 0.15) is 0 Å². The Morgan fingerprint density at radius 3 is 2.14 bits per heavy atom. The Kier molecular flexibility index (Phi) is 9.05. The standard InChI is InChI=1S/C30H34N4O3/c1-2-19-34(25-17-20-33(21-18-25)30(37)23-11-5-3-6-12-23)22-28(35)32-27-16-10-9-15-26(27)29(36)31-24-13-7-4-8-14-24/h3-16,25H,2,17-22H2,1H3,(H,31,36)(H,32,35). The molecular formula is C30H34N4O3. The van der Waals surface area contributed by atoms with Gasteiger partial charge >= 0.3 is 0 Å². The molecule has 0 bridgehead atoms. The first kappa shape index (κ1) is 26.1. The molecular weight excluding hydrogens is 464 g/mol. The van der Waals surface area contributed by atoms with Crippen molar-refractivity contribution in [3.8, 4) is 0 Å². The van der Waals surface area contributed by atoms with Gasteiger partial charge < -0.3 is 15.5 Å². The average molecular weight is 499 g/mol. The fraction of sp³-hybridized carbons (Fsp3) is 0.300. The molecule has 1 aliphatic heterocycles. The number of nitrogens with one attached hydrogen (secondary N) is 2. The highest BCUT2D eigenvalue weighted by Crippen LogP contribution is 2.21. The molecule has 3 amide bonds. The maximum atomic E-state index is 13.1. The van der Waals surface area contributed by atoms with Gasteiger partial charge in [0.2, 0.25) is 5.91 Å². The lowest BCUT2D eigenvalue weighted by atomic mass is 10.0. The Hall–Kier alpha value is -3.97. The number of carbonyl (C=O) groups excluding carboxylic acids is 3. The molecule has 1 fully saturated rings. The number of hydrogen-bond donors (Lipinski definition) is 2. The maximum absolute atomic E-state index is 13.1. The molecule has 0 aromatic heterocycles. The number of rotatable bonds is 9. The zero-order chi connectivity index (χ0) is 26.0. The summed E-state index contributed by atoms with van der Waals surface area (Å²) in [6, 6.07) is 25.9. The summed E-state index contributed by atoms with van der Waals surface area (Å²) < 4.78 is 0. The Morgan fingerprint density at radius 1 is 0.838 bits per heavy atom. The van der Waals surface area contributed by atoms with E-state index in [9.17, 15) is 14.4 Å². The summed E-state index contributed by atoms with van der Waals surface area (Å²) in [5.41, 5.74) is 2.30. The summed E-state index contributed by atoms with van der Waals surface area (Å²) in [5, 5.41) is 5.82. The normalized spacial score (nSPS) is 13.8. The lowest BCUT2D eigenvalue weighted by Gasteiger charge is -2.38. The molecule has 0 spiro atoms. The topological polar surface area (TPSA) is 81.8 Å². The number of benzene rings is 3. The molecule has 1 aliphatic rings. The number of anilines is 2. The van der Waals surface area contributed by atoms with Crippen LogP contribution in [0, 0.1) is 0 Å². The molecule has 1 saturated heterocycles. The van der Waals surface area contributed by atoms with Crippen molar-refractivity contribution in [3.05, 3.63) is 96.1 Å². The van der Waals surface area contributed by atoms with Gasteiger partial charge in [-0.25, -0.2) is 0 Å². The van der Waals surface area contributed by atoms with Crippen LogP contribution in [0.15, 0.2) is 84.9 Å². The van der Waals surface area contributed by atoms with Gasteiger partial charge in [0.15, 0.2) is 0 Å². The summed E-state index contributed by atoms with van der Waals surface area (Å²) in [7, 11) is 0. The van der Waals surface area contributed by atoms with Crippen molar-refractivity contribution < 1.29 is 14.4 Å². The Labute approximate surface area is 218 Å². The second-order valence-electron chi connectivity index (χ2n) is 9.27. The number of hydrogen-bond acceptors (Lipinski definition) is 4. The molecule has 0 unspecified atom stereocenters. The van der Waals surface area contributed by atoms with Gasteiger partial charge in [-0.15, -0.1) is 0 Å². The van der Waals surface area contributed by atoms with Crippen molar-refractivity contribution in [2.45, 2.75) is 32.2 Å². The second kappa shape index (κ2) is 12.8. The number of para-hydroxylation sites is 2. The smallest absolute Gasteiger partial charge is 0.257 e. The average Bonchev–Trinajstić information content (AvgIpc) is 2.94.